The Morgan fingerprint density at radius 1 is 1.05 bits per heavy atom. The molecule has 0 aliphatic rings. The Balaban J connectivity index is 2.31. The second kappa shape index (κ2) is 7.14. The minimum atomic E-state index is -0.150. The van der Waals surface area contributed by atoms with Crippen molar-refractivity contribution in [3.05, 3.63) is 70.8 Å². The first-order chi connectivity index (χ1) is 10.1. The van der Waals surface area contributed by atoms with E-state index in [0.29, 0.717) is 0 Å². The van der Waals surface area contributed by atoms with E-state index in [-0.39, 0.29) is 6.17 Å². The molecule has 3 heteroatoms. The summed E-state index contributed by atoms with van der Waals surface area (Å²) in [6.45, 7) is 6.05. The number of hydrogen-bond donors (Lipinski definition) is 1. The van der Waals surface area contributed by atoms with Crippen molar-refractivity contribution in [2.24, 2.45) is 4.99 Å². The molecule has 2 rings (SSSR count). The molecule has 0 saturated carbocycles. The zero-order valence-corrected chi connectivity index (χ0v) is 13.4. The van der Waals surface area contributed by atoms with E-state index in [0.717, 1.165) is 16.1 Å². The van der Waals surface area contributed by atoms with Gasteiger partial charge in [-0.05, 0) is 43.0 Å². The first-order valence-corrected chi connectivity index (χ1v) is 7.40. The molecule has 0 spiro atoms. The van der Waals surface area contributed by atoms with Crippen LogP contribution in [0.25, 0.3) is 0 Å². The van der Waals surface area contributed by atoms with E-state index in [1.807, 2.05) is 37.4 Å². The molecule has 2 nitrogen and oxygen atoms in total. The number of benzene rings is 2. The summed E-state index contributed by atoms with van der Waals surface area (Å²) in [5.41, 5.74) is 4.68. The molecule has 2 aromatic rings. The lowest BCUT2D eigenvalue weighted by molar-refractivity contribution is 0.687. The normalized spacial score (nSPS) is 12.3. The summed E-state index contributed by atoms with van der Waals surface area (Å²) in [6.07, 6.45) is 1.76. The molecular weight excluding hydrogens is 276 g/mol. The summed E-state index contributed by atoms with van der Waals surface area (Å²) in [6, 6.07) is 16.4. The number of nitrogens with one attached hydrogen (secondary N) is 1. The van der Waals surface area contributed by atoms with Crippen molar-refractivity contribution in [3.63, 3.8) is 0 Å². The van der Waals surface area contributed by atoms with Crippen LogP contribution in [0.15, 0.2) is 53.5 Å². The zero-order valence-electron chi connectivity index (χ0n) is 12.6. The molecule has 0 amide bonds. The van der Waals surface area contributed by atoms with Crippen molar-refractivity contribution in [1.29, 1.82) is 0 Å². The van der Waals surface area contributed by atoms with Gasteiger partial charge in [-0.3, -0.25) is 4.99 Å². The number of hydrogen-bond acceptors (Lipinski definition) is 2. The van der Waals surface area contributed by atoms with E-state index >= 15 is 0 Å². The van der Waals surface area contributed by atoms with Gasteiger partial charge in [0.15, 0.2) is 0 Å². The third kappa shape index (κ3) is 4.23. The number of thiocarbonyl (C=S) groups is 1. The smallest absolute Gasteiger partial charge is 0.145 e. The molecule has 0 fully saturated rings. The number of aryl methyl sites for hydroxylation is 2. The Morgan fingerprint density at radius 3 is 2.29 bits per heavy atom. The van der Waals surface area contributed by atoms with E-state index in [1.54, 1.807) is 0 Å². The predicted octanol–water partition coefficient (Wildman–Crippen LogP) is 4.36. The topological polar surface area (TPSA) is 24.4 Å². The minimum absolute atomic E-state index is 0.150. The van der Waals surface area contributed by atoms with Gasteiger partial charge >= 0.3 is 0 Å². The van der Waals surface area contributed by atoms with Crippen LogP contribution in [0.3, 0.4) is 0 Å². The van der Waals surface area contributed by atoms with Crippen molar-refractivity contribution in [2.75, 3.05) is 0 Å². The van der Waals surface area contributed by atoms with Gasteiger partial charge in [0.05, 0.1) is 4.99 Å². The zero-order chi connectivity index (χ0) is 15.2. The number of rotatable bonds is 4. The first-order valence-electron chi connectivity index (χ1n) is 6.99. The Hall–Kier alpha value is -2.00. The molecule has 1 N–H and O–H groups in total. The lowest BCUT2D eigenvalue weighted by atomic mass is 10.1. The van der Waals surface area contributed by atoms with Gasteiger partial charge in [0, 0.05) is 6.21 Å². The van der Waals surface area contributed by atoms with Gasteiger partial charge in [0.1, 0.15) is 6.17 Å². The SMILES string of the molecule is CC(=S)NC(/N=C/c1ccccc1C)c1ccccc1C. The maximum atomic E-state index is 5.19. The third-order valence-electron chi connectivity index (χ3n) is 3.37. The summed E-state index contributed by atoms with van der Waals surface area (Å²) >= 11 is 5.19. The number of aliphatic imine (C=N–C) groups is 1. The lowest BCUT2D eigenvalue weighted by Gasteiger charge is -2.17. The molecule has 0 saturated heterocycles. The van der Waals surface area contributed by atoms with Crippen molar-refractivity contribution >= 4 is 23.4 Å². The van der Waals surface area contributed by atoms with Gasteiger partial charge in [0.25, 0.3) is 0 Å². The molecule has 1 unspecified atom stereocenters. The highest BCUT2D eigenvalue weighted by molar-refractivity contribution is 7.80. The van der Waals surface area contributed by atoms with Crippen molar-refractivity contribution in [1.82, 2.24) is 5.32 Å². The van der Waals surface area contributed by atoms with E-state index in [9.17, 15) is 0 Å². The summed E-state index contributed by atoms with van der Waals surface area (Å²) in [4.78, 5) is 5.44. The van der Waals surface area contributed by atoms with Gasteiger partial charge in [-0.1, -0.05) is 60.7 Å². The fourth-order valence-electron chi connectivity index (χ4n) is 2.17. The molecule has 0 heterocycles. The molecule has 21 heavy (non-hydrogen) atoms. The Morgan fingerprint density at radius 2 is 1.67 bits per heavy atom. The second-order valence-corrected chi connectivity index (χ2v) is 5.71. The largest absolute Gasteiger partial charge is 0.355 e. The third-order valence-corrected chi connectivity index (χ3v) is 3.49. The van der Waals surface area contributed by atoms with E-state index in [1.165, 1.54) is 11.1 Å². The summed E-state index contributed by atoms with van der Waals surface area (Å²) < 4.78 is 0. The fraction of sp³-hybridized carbons (Fsp3) is 0.222. The molecule has 0 aliphatic heterocycles. The quantitative estimate of drug-likeness (QED) is 0.669. The fourth-order valence-corrected chi connectivity index (χ4v) is 2.28. The van der Waals surface area contributed by atoms with Crippen molar-refractivity contribution in [2.45, 2.75) is 26.9 Å². The van der Waals surface area contributed by atoms with Crippen LogP contribution in [0.4, 0.5) is 0 Å². The van der Waals surface area contributed by atoms with E-state index < -0.39 is 0 Å². The van der Waals surface area contributed by atoms with Crippen LogP contribution in [0.2, 0.25) is 0 Å². The molecular formula is C18H20N2S. The second-order valence-electron chi connectivity index (χ2n) is 5.09. The summed E-state index contributed by atoms with van der Waals surface area (Å²) in [5, 5.41) is 3.26. The summed E-state index contributed by atoms with van der Waals surface area (Å²) in [5.74, 6) is 0. The minimum Gasteiger partial charge on any atom is -0.355 e. The molecule has 108 valence electrons. The highest BCUT2D eigenvalue weighted by atomic mass is 32.1. The maximum absolute atomic E-state index is 5.19. The van der Waals surface area contributed by atoms with E-state index in [4.69, 9.17) is 17.2 Å². The molecule has 0 aliphatic carbocycles. The number of nitrogens with zero attached hydrogens (tertiary/aromatic N) is 1. The highest BCUT2D eigenvalue weighted by Gasteiger charge is 2.11. The Labute approximate surface area is 131 Å². The van der Waals surface area contributed by atoms with Crippen molar-refractivity contribution < 1.29 is 0 Å². The van der Waals surface area contributed by atoms with Crippen LogP contribution in [0.5, 0.6) is 0 Å². The average molecular weight is 296 g/mol. The standard InChI is InChI=1S/C18H20N2S/c1-13-8-4-6-10-16(13)12-19-18(20-15(3)21)17-11-7-5-9-14(17)2/h4-12,18H,1-3H3,(H,20,21)/b19-12+. The van der Waals surface area contributed by atoms with Gasteiger partial charge in [-0.25, -0.2) is 0 Å². The van der Waals surface area contributed by atoms with Crippen LogP contribution in [0.1, 0.15) is 35.3 Å². The first kappa shape index (κ1) is 15.4. The maximum Gasteiger partial charge on any atom is 0.145 e. The monoisotopic (exact) mass is 296 g/mol. The Bertz CT molecular complexity index is 662. The van der Waals surface area contributed by atoms with E-state index in [2.05, 4.69) is 43.4 Å². The molecule has 1 atom stereocenters. The van der Waals surface area contributed by atoms with Crippen LogP contribution in [0, 0.1) is 13.8 Å². The lowest BCUT2D eigenvalue weighted by Crippen LogP contribution is -2.24. The molecule has 0 bridgehead atoms. The van der Waals surface area contributed by atoms with Crippen molar-refractivity contribution in [3.8, 4) is 0 Å². The van der Waals surface area contributed by atoms with Crippen LogP contribution in [-0.2, 0) is 0 Å². The predicted molar refractivity (Wildman–Crippen MR) is 94.1 cm³/mol. The Kier molecular flexibility index (Phi) is 5.23. The highest BCUT2D eigenvalue weighted by Crippen LogP contribution is 2.19. The van der Waals surface area contributed by atoms with Gasteiger partial charge < -0.3 is 5.32 Å². The van der Waals surface area contributed by atoms with Gasteiger partial charge in [0.2, 0.25) is 0 Å². The van der Waals surface area contributed by atoms with Gasteiger partial charge in [-0.2, -0.15) is 0 Å². The molecule has 0 aromatic heterocycles. The molecule has 2 aromatic carbocycles. The van der Waals surface area contributed by atoms with Crippen LogP contribution in [-0.4, -0.2) is 11.2 Å². The molecule has 0 radical (unpaired) electrons. The van der Waals surface area contributed by atoms with Crippen LogP contribution < -0.4 is 5.32 Å². The average Bonchev–Trinajstić information content (AvgIpc) is 2.45. The summed E-state index contributed by atoms with van der Waals surface area (Å²) in [7, 11) is 0. The van der Waals surface area contributed by atoms with Gasteiger partial charge in [-0.15, -0.1) is 0 Å². The van der Waals surface area contributed by atoms with Crippen LogP contribution >= 0.6 is 12.2 Å².